The molecule has 0 aromatic heterocycles. The van der Waals surface area contributed by atoms with E-state index in [2.05, 4.69) is 0 Å². The number of halogens is 1. The molecule has 1 aliphatic carbocycles. The SMILES string of the molecule is Cc1cccc(C)c1CC(F)(CN)C1CC1. The monoisotopic (exact) mass is 221 g/mol. The molecule has 0 aliphatic heterocycles. The Kier molecular flexibility index (Phi) is 3.02. The third-order valence-electron chi connectivity index (χ3n) is 3.76. The molecule has 1 atom stereocenters. The molecule has 88 valence electrons. The summed E-state index contributed by atoms with van der Waals surface area (Å²) >= 11 is 0. The molecule has 1 unspecified atom stereocenters. The average Bonchev–Trinajstić information content (AvgIpc) is 3.07. The highest BCUT2D eigenvalue weighted by Crippen LogP contribution is 2.44. The van der Waals surface area contributed by atoms with E-state index in [1.54, 1.807) is 0 Å². The van der Waals surface area contributed by atoms with Gasteiger partial charge in [-0.3, -0.25) is 0 Å². The van der Waals surface area contributed by atoms with E-state index in [1.165, 1.54) is 11.1 Å². The van der Waals surface area contributed by atoms with Crippen molar-refractivity contribution < 1.29 is 4.39 Å². The first-order chi connectivity index (χ1) is 7.57. The second kappa shape index (κ2) is 4.17. The quantitative estimate of drug-likeness (QED) is 0.831. The van der Waals surface area contributed by atoms with Crippen molar-refractivity contribution >= 4 is 0 Å². The summed E-state index contributed by atoms with van der Waals surface area (Å²) in [7, 11) is 0. The van der Waals surface area contributed by atoms with Crippen LogP contribution in [0.5, 0.6) is 0 Å². The van der Waals surface area contributed by atoms with Crippen LogP contribution in [0.4, 0.5) is 4.39 Å². The van der Waals surface area contributed by atoms with Gasteiger partial charge in [0, 0.05) is 13.0 Å². The molecule has 0 spiro atoms. The van der Waals surface area contributed by atoms with Gasteiger partial charge in [-0.15, -0.1) is 0 Å². The van der Waals surface area contributed by atoms with E-state index < -0.39 is 5.67 Å². The minimum atomic E-state index is -1.18. The Morgan fingerprint density at radius 1 is 1.31 bits per heavy atom. The van der Waals surface area contributed by atoms with Gasteiger partial charge in [-0.25, -0.2) is 4.39 Å². The molecule has 1 saturated carbocycles. The van der Waals surface area contributed by atoms with Gasteiger partial charge in [0.05, 0.1) is 0 Å². The summed E-state index contributed by atoms with van der Waals surface area (Å²) in [6, 6.07) is 6.12. The fraction of sp³-hybridized carbons (Fsp3) is 0.571. The molecule has 2 rings (SSSR count). The largest absolute Gasteiger partial charge is 0.328 e. The second-order valence-electron chi connectivity index (χ2n) is 5.06. The molecule has 1 nitrogen and oxygen atoms in total. The molecule has 2 N–H and O–H groups in total. The van der Waals surface area contributed by atoms with Crippen LogP contribution < -0.4 is 5.73 Å². The summed E-state index contributed by atoms with van der Waals surface area (Å²) in [5, 5.41) is 0. The fourth-order valence-corrected chi connectivity index (χ4v) is 2.41. The van der Waals surface area contributed by atoms with E-state index in [4.69, 9.17) is 5.73 Å². The maximum absolute atomic E-state index is 14.6. The molecular weight excluding hydrogens is 201 g/mol. The van der Waals surface area contributed by atoms with Gasteiger partial charge in [-0.1, -0.05) is 18.2 Å². The maximum Gasteiger partial charge on any atom is 0.130 e. The molecule has 1 fully saturated rings. The van der Waals surface area contributed by atoms with E-state index >= 15 is 0 Å². The molecule has 0 heterocycles. The Bertz CT molecular complexity index is 364. The highest BCUT2D eigenvalue weighted by molar-refractivity contribution is 5.35. The van der Waals surface area contributed by atoms with Crippen molar-refractivity contribution in [3.8, 4) is 0 Å². The van der Waals surface area contributed by atoms with Gasteiger partial charge in [-0.2, -0.15) is 0 Å². The van der Waals surface area contributed by atoms with Crippen LogP contribution >= 0.6 is 0 Å². The third kappa shape index (κ3) is 2.12. The van der Waals surface area contributed by atoms with Crippen molar-refractivity contribution in [2.75, 3.05) is 6.54 Å². The van der Waals surface area contributed by atoms with E-state index in [1.807, 2.05) is 32.0 Å². The van der Waals surface area contributed by atoms with Crippen LogP contribution in [0.15, 0.2) is 18.2 Å². The van der Waals surface area contributed by atoms with Crippen molar-refractivity contribution in [2.45, 2.75) is 38.8 Å². The number of hydrogen-bond acceptors (Lipinski definition) is 1. The van der Waals surface area contributed by atoms with Gasteiger partial charge in [0.25, 0.3) is 0 Å². The van der Waals surface area contributed by atoms with Crippen molar-refractivity contribution in [2.24, 2.45) is 11.7 Å². The molecule has 16 heavy (non-hydrogen) atoms. The molecule has 0 saturated heterocycles. The van der Waals surface area contributed by atoms with Crippen molar-refractivity contribution in [1.82, 2.24) is 0 Å². The zero-order valence-corrected chi connectivity index (χ0v) is 10.1. The number of hydrogen-bond donors (Lipinski definition) is 1. The second-order valence-corrected chi connectivity index (χ2v) is 5.06. The Balaban J connectivity index is 2.25. The smallest absolute Gasteiger partial charge is 0.130 e. The van der Waals surface area contributed by atoms with Crippen LogP contribution in [-0.4, -0.2) is 12.2 Å². The Hall–Kier alpha value is -0.890. The maximum atomic E-state index is 14.6. The van der Waals surface area contributed by atoms with Gasteiger partial charge >= 0.3 is 0 Å². The Morgan fingerprint density at radius 2 is 1.88 bits per heavy atom. The van der Waals surface area contributed by atoms with Gasteiger partial charge < -0.3 is 5.73 Å². The normalized spacial score (nSPS) is 19.5. The van der Waals surface area contributed by atoms with Gasteiger partial charge in [0.2, 0.25) is 0 Å². The third-order valence-corrected chi connectivity index (χ3v) is 3.76. The van der Waals surface area contributed by atoms with Gasteiger partial charge in [0.15, 0.2) is 0 Å². The zero-order chi connectivity index (χ0) is 11.8. The first-order valence-corrected chi connectivity index (χ1v) is 6.01. The van der Waals surface area contributed by atoms with Crippen LogP contribution in [0.1, 0.15) is 29.5 Å². The van der Waals surface area contributed by atoms with E-state index in [9.17, 15) is 4.39 Å². The summed E-state index contributed by atoms with van der Waals surface area (Å²) in [5.74, 6) is 0.191. The molecule has 1 aromatic rings. The highest BCUT2D eigenvalue weighted by Gasteiger charge is 2.45. The predicted octanol–water partition coefficient (Wildman–Crippen LogP) is 2.92. The van der Waals surface area contributed by atoms with Crippen LogP contribution in [0.3, 0.4) is 0 Å². The lowest BCUT2D eigenvalue weighted by Crippen LogP contribution is -2.38. The van der Waals surface area contributed by atoms with E-state index in [0.29, 0.717) is 6.42 Å². The van der Waals surface area contributed by atoms with Crippen LogP contribution in [-0.2, 0) is 6.42 Å². The van der Waals surface area contributed by atoms with Crippen molar-refractivity contribution in [1.29, 1.82) is 0 Å². The standard InChI is InChI=1S/C14H20FN/c1-10-4-3-5-11(2)13(10)8-14(15,9-16)12-6-7-12/h3-5,12H,6-9,16H2,1-2H3. The lowest BCUT2D eigenvalue weighted by Gasteiger charge is -2.25. The zero-order valence-electron chi connectivity index (χ0n) is 10.1. The van der Waals surface area contributed by atoms with Gasteiger partial charge in [-0.05, 0) is 49.3 Å². The summed E-state index contributed by atoms with van der Waals surface area (Å²) in [6.45, 7) is 4.24. The summed E-state index contributed by atoms with van der Waals surface area (Å²) in [5.41, 5.74) is 7.93. The molecule has 0 bridgehead atoms. The first-order valence-electron chi connectivity index (χ1n) is 6.01. The lowest BCUT2D eigenvalue weighted by molar-refractivity contribution is 0.142. The molecule has 0 amide bonds. The number of benzene rings is 1. The number of nitrogens with two attached hydrogens (primary N) is 1. The Morgan fingerprint density at radius 3 is 2.31 bits per heavy atom. The Labute approximate surface area is 96.9 Å². The predicted molar refractivity (Wildman–Crippen MR) is 65.2 cm³/mol. The summed E-state index contributed by atoms with van der Waals surface area (Å²) < 4.78 is 14.6. The van der Waals surface area contributed by atoms with Crippen molar-refractivity contribution in [3.63, 3.8) is 0 Å². The van der Waals surface area contributed by atoms with Gasteiger partial charge in [0.1, 0.15) is 5.67 Å². The molecule has 1 aromatic carbocycles. The van der Waals surface area contributed by atoms with Crippen LogP contribution in [0.25, 0.3) is 0 Å². The van der Waals surface area contributed by atoms with Crippen LogP contribution in [0, 0.1) is 19.8 Å². The molecule has 2 heteroatoms. The van der Waals surface area contributed by atoms with Crippen molar-refractivity contribution in [3.05, 3.63) is 34.9 Å². The molecular formula is C14H20FN. The van der Waals surface area contributed by atoms with E-state index in [-0.39, 0.29) is 12.5 Å². The first kappa shape index (κ1) is 11.6. The molecule has 1 aliphatic rings. The fourth-order valence-electron chi connectivity index (χ4n) is 2.41. The topological polar surface area (TPSA) is 26.0 Å². The average molecular weight is 221 g/mol. The number of rotatable bonds is 4. The van der Waals surface area contributed by atoms with Crippen LogP contribution in [0.2, 0.25) is 0 Å². The highest BCUT2D eigenvalue weighted by atomic mass is 19.1. The number of alkyl halides is 1. The minimum absolute atomic E-state index is 0.144. The summed E-state index contributed by atoms with van der Waals surface area (Å²) in [4.78, 5) is 0. The minimum Gasteiger partial charge on any atom is -0.328 e. The van der Waals surface area contributed by atoms with E-state index in [0.717, 1.165) is 18.4 Å². The molecule has 0 radical (unpaired) electrons. The lowest BCUT2D eigenvalue weighted by atomic mass is 9.87. The number of aryl methyl sites for hydroxylation is 2. The summed E-state index contributed by atoms with van der Waals surface area (Å²) in [6.07, 6.45) is 2.48.